The van der Waals surface area contributed by atoms with Crippen molar-refractivity contribution in [2.24, 2.45) is 17.3 Å². The molecule has 1 spiro atoms. The van der Waals surface area contributed by atoms with Crippen LogP contribution < -0.4 is 21.3 Å². The number of hydrogen-bond acceptors (Lipinski definition) is 4. The molecule has 2 saturated carbocycles. The van der Waals surface area contributed by atoms with Crippen molar-refractivity contribution >= 4 is 23.6 Å². The molecule has 0 aromatic rings. The highest BCUT2D eigenvalue weighted by Gasteiger charge is 2.58. The SMILES string of the molecule is C[C@H](C[C@@H]1CCC2(CC2)NC1=O)NC(=O)[C@H](CC1CC1(F)F)NC(=O)[C@@H](NC(=O)C(F)(F)F)C(C)(C)C. The van der Waals surface area contributed by atoms with Crippen molar-refractivity contribution < 1.29 is 41.1 Å². The third kappa shape index (κ3) is 7.53. The average Bonchev–Trinajstić information content (AvgIpc) is 3.63. The molecule has 0 radical (unpaired) electrons. The topological polar surface area (TPSA) is 116 Å². The molecule has 37 heavy (non-hydrogen) atoms. The quantitative estimate of drug-likeness (QED) is 0.338. The van der Waals surface area contributed by atoms with Gasteiger partial charge < -0.3 is 21.3 Å². The Kier molecular flexibility index (Phi) is 7.87. The Bertz CT molecular complexity index is 929. The number of carbonyl (C=O) groups excluding carboxylic acids is 4. The second-order valence-electron chi connectivity index (χ2n) is 11.9. The van der Waals surface area contributed by atoms with Gasteiger partial charge in [-0.2, -0.15) is 13.2 Å². The van der Waals surface area contributed by atoms with Gasteiger partial charge in [-0.05, 0) is 50.9 Å². The molecule has 3 rings (SSSR count). The van der Waals surface area contributed by atoms with Gasteiger partial charge in [0.15, 0.2) is 0 Å². The number of halogens is 5. The summed E-state index contributed by atoms with van der Waals surface area (Å²) in [7, 11) is 0. The first-order valence-electron chi connectivity index (χ1n) is 12.5. The van der Waals surface area contributed by atoms with Crippen LogP contribution in [0.4, 0.5) is 22.0 Å². The van der Waals surface area contributed by atoms with Crippen molar-refractivity contribution in [1.29, 1.82) is 0 Å². The largest absolute Gasteiger partial charge is 0.471 e. The van der Waals surface area contributed by atoms with E-state index in [4.69, 9.17) is 0 Å². The Hall–Kier alpha value is -2.47. The number of hydrogen-bond donors (Lipinski definition) is 4. The van der Waals surface area contributed by atoms with E-state index in [1.165, 1.54) is 20.8 Å². The standard InChI is InChI=1S/C24H35F5N4O4/c1-12(9-13-5-6-22(7-8-22)33-17(13)34)30-18(35)15(10-14-11-23(14,25)26)31-19(36)16(21(2,3)4)32-20(37)24(27,28)29/h12-16H,5-11H2,1-4H3,(H,30,35)(H,31,36)(H,32,37)(H,33,34)/t12-,13+,14?,15+,16-/m1/s1. The smallest absolute Gasteiger partial charge is 0.352 e. The zero-order chi connectivity index (χ0) is 28.0. The molecule has 4 amide bonds. The molecule has 3 fully saturated rings. The molecule has 3 aliphatic rings. The fourth-order valence-corrected chi connectivity index (χ4v) is 4.77. The van der Waals surface area contributed by atoms with Crippen molar-refractivity contribution in [1.82, 2.24) is 21.3 Å². The van der Waals surface area contributed by atoms with Crippen molar-refractivity contribution in [3.8, 4) is 0 Å². The lowest BCUT2D eigenvalue weighted by Crippen LogP contribution is -2.60. The predicted octanol–water partition coefficient (Wildman–Crippen LogP) is 2.56. The Labute approximate surface area is 212 Å². The number of rotatable bonds is 9. The van der Waals surface area contributed by atoms with Gasteiger partial charge in [-0.25, -0.2) is 8.78 Å². The Balaban J connectivity index is 1.65. The highest BCUT2D eigenvalue weighted by molar-refractivity contribution is 5.93. The molecule has 1 unspecified atom stereocenters. The number of piperidine rings is 1. The van der Waals surface area contributed by atoms with Crippen LogP contribution in [0.1, 0.15) is 72.6 Å². The van der Waals surface area contributed by atoms with Crippen molar-refractivity contribution in [3.05, 3.63) is 0 Å². The van der Waals surface area contributed by atoms with Crippen LogP contribution in [0.3, 0.4) is 0 Å². The lowest BCUT2D eigenvalue weighted by molar-refractivity contribution is -0.175. The summed E-state index contributed by atoms with van der Waals surface area (Å²) in [5.41, 5.74) is -1.27. The molecule has 0 aromatic heterocycles. The van der Waals surface area contributed by atoms with Crippen LogP contribution in [0, 0.1) is 17.3 Å². The minimum absolute atomic E-state index is 0.0872. The van der Waals surface area contributed by atoms with E-state index >= 15 is 0 Å². The summed E-state index contributed by atoms with van der Waals surface area (Å²) in [5, 5.41) is 9.58. The van der Waals surface area contributed by atoms with E-state index in [1.54, 1.807) is 12.2 Å². The molecule has 1 aliphatic heterocycles. The van der Waals surface area contributed by atoms with Gasteiger partial charge in [0.25, 0.3) is 5.92 Å². The second kappa shape index (κ2) is 10.0. The lowest BCUT2D eigenvalue weighted by atomic mass is 9.85. The normalized spacial score (nSPS) is 26.4. The summed E-state index contributed by atoms with van der Waals surface area (Å²) in [6.45, 7) is 5.90. The van der Waals surface area contributed by atoms with E-state index < -0.39 is 72.1 Å². The minimum Gasteiger partial charge on any atom is -0.352 e. The van der Waals surface area contributed by atoms with Gasteiger partial charge in [0, 0.05) is 29.8 Å². The van der Waals surface area contributed by atoms with E-state index in [-0.39, 0.29) is 17.4 Å². The van der Waals surface area contributed by atoms with Crippen LogP contribution in [0.5, 0.6) is 0 Å². The molecule has 210 valence electrons. The predicted molar refractivity (Wildman–Crippen MR) is 122 cm³/mol. The summed E-state index contributed by atoms with van der Waals surface area (Å²) in [5.74, 6) is -8.80. The number of carbonyl (C=O) groups is 4. The summed E-state index contributed by atoms with van der Waals surface area (Å²) in [6.07, 6.45) is -2.43. The van der Waals surface area contributed by atoms with Crippen LogP contribution in [-0.4, -0.2) is 59.4 Å². The highest BCUT2D eigenvalue weighted by Crippen LogP contribution is 2.51. The third-order valence-corrected chi connectivity index (χ3v) is 7.38. The van der Waals surface area contributed by atoms with Gasteiger partial charge in [0.05, 0.1) is 0 Å². The maximum atomic E-state index is 13.6. The molecular weight excluding hydrogens is 503 g/mol. The first-order valence-corrected chi connectivity index (χ1v) is 12.5. The summed E-state index contributed by atoms with van der Waals surface area (Å²) < 4.78 is 65.7. The number of amides is 4. The zero-order valence-corrected chi connectivity index (χ0v) is 21.4. The van der Waals surface area contributed by atoms with Crippen LogP contribution in [0.25, 0.3) is 0 Å². The van der Waals surface area contributed by atoms with Gasteiger partial charge >= 0.3 is 12.1 Å². The lowest BCUT2D eigenvalue weighted by Gasteiger charge is -2.33. The Morgan fingerprint density at radius 2 is 1.59 bits per heavy atom. The van der Waals surface area contributed by atoms with Crippen LogP contribution in [0.15, 0.2) is 0 Å². The van der Waals surface area contributed by atoms with E-state index in [0.29, 0.717) is 12.8 Å². The summed E-state index contributed by atoms with van der Waals surface area (Å²) in [4.78, 5) is 49.9. The molecule has 0 bridgehead atoms. The van der Waals surface area contributed by atoms with Crippen LogP contribution >= 0.6 is 0 Å². The monoisotopic (exact) mass is 538 g/mol. The maximum absolute atomic E-state index is 13.6. The van der Waals surface area contributed by atoms with Crippen molar-refractivity contribution in [3.63, 3.8) is 0 Å². The maximum Gasteiger partial charge on any atom is 0.471 e. The van der Waals surface area contributed by atoms with E-state index in [2.05, 4.69) is 16.0 Å². The fraction of sp³-hybridized carbons (Fsp3) is 0.833. The molecule has 8 nitrogen and oxygen atoms in total. The summed E-state index contributed by atoms with van der Waals surface area (Å²) >= 11 is 0. The number of alkyl halides is 5. The second-order valence-corrected chi connectivity index (χ2v) is 11.9. The molecule has 13 heteroatoms. The van der Waals surface area contributed by atoms with Gasteiger partial charge in [0.2, 0.25) is 17.7 Å². The zero-order valence-electron chi connectivity index (χ0n) is 21.4. The van der Waals surface area contributed by atoms with Crippen molar-refractivity contribution in [2.75, 3.05) is 0 Å². The fourth-order valence-electron chi connectivity index (χ4n) is 4.77. The Morgan fingerprint density at radius 1 is 1.00 bits per heavy atom. The average molecular weight is 539 g/mol. The minimum atomic E-state index is -5.24. The first kappa shape index (κ1) is 29.1. The third-order valence-electron chi connectivity index (χ3n) is 7.38. The molecule has 1 heterocycles. The summed E-state index contributed by atoms with van der Waals surface area (Å²) in [6, 6.07) is -3.68. The van der Waals surface area contributed by atoms with E-state index in [9.17, 15) is 41.1 Å². The molecular formula is C24H35F5N4O4. The van der Waals surface area contributed by atoms with Gasteiger partial charge in [-0.15, -0.1) is 0 Å². The first-order chi connectivity index (χ1) is 16.8. The molecule has 1 saturated heterocycles. The van der Waals surface area contributed by atoms with Crippen molar-refractivity contribution in [2.45, 2.75) is 108 Å². The van der Waals surface area contributed by atoms with Crippen LogP contribution in [-0.2, 0) is 19.2 Å². The van der Waals surface area contributed by atoms with Crippen LogP contribution in [0.2, 0.25) is 0 Å². The van der Waals surface area contributed by atoms with Gasteiger partial charge in [-0.1, -0.05) is 20.8 Å². The van der Waals surface area contributed by atoms with E-state index in [0.717, 1.165) is 19.3 Å². The highest BCUT2D eigenvalue weighted by atomic mass is 19.4. The van der Waals surface area contributed by atoms with Gasteiger partial charge in [-0.3, -0.25) is 19.2 Å². The molecule has 4 N–H and O–H groups in total. The Morgan fingerprint density at radius 3 is 2.05 bits per heavy atom. The molecule has 5 atom stereocenters. The molecule has 2 aliphatic carbocycles. The van der Waals surface area contributed by atoms with E-state index in [1.807, 2.05) is 0 Å². The molecule has 0 aromatic carbocycles. The number of nitrogens with one attached hydrogen (secondary N) is 4. The van der Waals surface area contributed by atoms with Gasteiger partial charge in [0.1, 0.15) is 12.1 Å².